The number of H-pyrrole nitrogens is 1. The standard InChI is InChI=1S/C25H24N6/c1-3-18-7-5-8-19(14-18)10-12-22-29-24(20-11-13-23-26-16-27-31(23)15-20)25(30-22)21-9-4-6-17(2)28-21/h4-9,11,13-16H,3,10,12H2,1-2H3,(H,29,30). The van der Waals surface area contributed by atoms with Crippen LogP contribution in [0.3, 0.4) is 0 Å². The molecule has 1 N–H and O–H groups in total. The fourth-order valence-corrected chi connectivity index (χ4v) is 3.84. The minimum absolute atomic E-state index is 0.811. The first-order valence-electron chi connectivity index (χ1n) is 10.6. The van der Waals surface area contributed by atoms with Crippen LogP contribution in [0, 0.1) is 6.92 Å². The molecule has 5 aromatic rings. The van der Waals surface area contributed by atoms with Crippen molar-refractivity contribution in [3.05, 3.63) is 89.8 Å². The van der Waals surface area contributed by atoms with Crippen LogP contribution in [0.25, 0.3) is 28.3 Å². The van der Waals surface area contributed by atoms with Gasteiger partial charge in [0.05, 0.1) is 17.1 Å². The molecule has 0 saturated heterocycles. The molecule has 0 spiro atoms. The number of benzene rings is 1. The molecule has 6 heteroatoms. The summed E-state index contributed by atoms with van der Waals surface area (Å²) >= 11 is 0. The smallest absolute Gasteiger partial charge is 0.155 e. The van der Waals surface area contributed by atoms with Gasteiger partial charge in [-0.1, -0.05) is 37.3 Å². The summed E-state index contributed by atoms with van der Waals surface area (Å²) in [6, 6.07) is 18.8. The highest BCUT2D eigenvalue weighted by Crippen LogP contribution is 2.29. The first-order chi connectivity index (χ1) is 15.2. The van der Waals surface area contributed by atoms with E-state index in [0.29, 0.717) is 0 Å². The van der Waals surface area contributed by atoms with Gasteiger partial charge in [0.25, 0.3) is 0 Å². The lowest BCUT2D eigenvalue weighted by molar-refractivity contribution is 0.882. The Hall–Kier alpha value is -3.80. The molecule has 0 radical (unpaired) electrons. The van der Waals surface area contributed by atoms with Gasteiger partial charge in [-0.2, -0.15) is 5.10 Å². The van der Waals surface area contributed by atoms with Crippen molar-refractivity contribution in [3.8, 4) is 22.6 Å². The van der Waals surface area contributed by atoms with Gasteiger partial charge in [0, 0.05) is 23.9 Å². The molecule has 6 nitrogen and oxygen atoms in total. The zero-order valence-corrected chi connectivity index (χ0v) is 17.7. The van der Waals surface area contributed by atoms with Gasteiger partial charge in [0.2, 0.25) is 0 Å². The van der Waals surface area contributed by atoms with Crippen molar-refractivity contribution in [2.45, 2.75) is 33.1 Å². The lowest BCUT2D eigenvalue weighted by Crippen LogP contribution is -1.95. The molecular weight excluding hydrogens is 384 g/mol. The maximum atomic E-state index is 4.98. The van der Waals surface area contributed by atoms with E-state index in [0.717, 1.165) is 59.1 Å². The summed E-state index contributed by atoms with van der Waals surface area (Å²) in [7, 11) is 0. The molecule has 5 rings (SSSR count). The Morgan fingerprint density at radius 2 is 1.81 bits per heavy atom. The topological polar surface area (TPSA) is 71.8 Å². The van der Waals surface area contributed by atoms with E-state index in [1.54, 1.807) is 10.8 Å². The Bertz CT molecular complexity index is 1350. The van der Waals surface area contributed by atoms with Gasteiger partial charge in [0.15, 0.2) is 5.65 Å². The predicted octanol–water partition coefficient (Wildman–Crippen LogP) is 4.84. The van der Waals surface area contributed by atoms with Crippen LogP contribution in [0.15, 0.2) is 67.1 Å². The van der Waals surface area contributed by atoms with Crippen LogP contribution in [0.5, 0.6) is 0 Å². The minimum Gasteiger partial charge on any atom is -0.340 e. The fraction of sp³-hybridized carbons (Fsp3) is 0.200. The summed E-state index contributed by atoms with van der Waals surface area (Å²) < 4.78 is 1.77. The Morgan fingerprint density at radius 3 is 2.68 bits per heavy atom. The Morgan fingerprint density at radius 1 is 0.935 bits per heavy atom. The highest BCUT2D eigenvalue weighted by atomic mass is 15.3. The Labute approximate surface area is 181 Å². The average molecular weight is 409 g/mol. The van der Waals surface area contributed by atoms with Gasteiger partial charge in [0.1, 0.15) is 12.2 Å². The number of fused-ring (bicyclic) bond motifs is 1. The van der Waals surface area contributed by atoms with E-state index in [1.165, 1.54) is 11.1 Å². The third-order valence-corrected chi connectivity index (χ3v) is 5.49. The number of nitrogens with zero attached hydrogens (tertiary/aromatic N) is 5. The number of nitrogens with one attached hydrogen (secondary N) is 1. The number of aromatic nitrogens is 6. The number of aryl methyl sites for hydroxylation is 4. The Kier molecular flexibility index (Phi) is 5.04. The van der Waals surface area contributed by atoms with Crippen LogP contribution < -0.4 is 0 Å². The summed E-state index contributed by atoms with van der Waals surface area (Å²) in [5, 5.41) is 4.27. The first kappa shape index (κ1) is 19.2. The SMILES string of the molecule is CCc1cccc(CCc2nc(-c3ccc4ncnn4c3)c(-c3cccc(C)n3)[nH]2)c1. The second-order valence-corrected chi connectivity index (χ2v) is 7.73. The molecule has 0 amide bonds. The van der Waals surface area contributed by atoms with Gasteiger partial charge in [-0.3, -0.25) is 4.98 Å². The maximum absolute atomic E-state index is 4.98. The van der Waals surface area contributed by atoms with Crippen molar-refractivity contribution in [3.63, 3.8) is 0 Å². The number of hydrogen-bond acceptors (Lipinski definition) is 4. The quantitative estimate of drug-likeness (QED) is 0.436. The summed E-state index contributed by atoms with van der Waals surface area (Å²) in [4.78, 5) is 17.5. The van der Waals surface area contributed by atoms with Crippen LogP contribution >= 0.6 is 0 Å². The molecule has 1 aromatic carbocycles. The molecule has 4 aromatic heterocycles. The molecule has 4 heterocycles. The minimum atomic E-state index is 0.811. The van der Waals surface area contributed by atoms with Crippen LogP contribution in [0.4, 0.5) is 0 Å². The second kappa shape index (κ2) is 8.14. The monoisotopic (exact) mass is 408 g/mol. The van der Waals surface area contributed by atoms with E-state index >= 15 is 0 Å². The van der Waals surface area contributed by atoms with Crippen molar-refractivity contribution >= 4 is 5.65 Å². The first-order valence-corrected chi connectivity index (χ1v) is 10.6. The van der Waals surface area contributed by atoms with Crippen molar-refractivity contribution in [1.29, 1.82) is 0 Å². The number of aromatic amines is 1. The molecule has 0 aliphatic carbocycles. The van der Waals surface area contributed by atoms with Crippen molar-refractivity contribution in [2.24, 2.45) is 0 Å². The van der Waals surface area contributed by atoms with E-state index in [-0.39, 0.29) is 0 Å². The van der Waals surface area contributed by atoms with E-state index in [2.05, 4.69) is 46.3 Å². The third kappa shape index (κ3) is 3.97. The summed E-state index contributed by atoms with van der Waals surface area (Å²) in [6.45, 7) is 4.19. The third-order valence-electron chi connectivity index (χ3n) is 5.49. The largest absolute Gasteiger partial charge is 0.340 e. The van der Waals surface area contributed by atoms with E-state index in [9.17, 15) is 0 Å². The number of rotatable bonds is 6. The molecule has 0 atom stereocenters. The van der Waals surface area contributed by atoms with E-state index < -0.39 is 0 Å². The van der Waals surface area contributed by atoms with E-state index in [1.807, 2.05) is 43.5 Å². The van der Waals surface area contributed by atoms with Crippen molar-refractivity contribution < 1.29 is 0 Å². The normalized spacial score (nSPS) is 11.3. The molecule has 31 heavy (non-hydrogen) atoms. The summed E-state index contributed by atoms with van der Waals surface area (Å²) in [6.07, 6.45) is 6.34. The van der Waals surface area contributed by atoms with E-state index in [4.69, 9.17) is 9.97 Å². The van der Waals surface area contributed by atoms with Gasteiger partial charge in [-0.15, -0.1) is 0 Å². The highest BCUT2D eigenvalue weighted by molar-refractivity contribution is 5.77. The highest BCUT2D eigenvalue weighted by Gasteiger charge is 2.16. The maximum Gasteiger partial charge on any atom is 0.155 e. The number of hydrogen-bond donors (Lipinski definition) is 1. The van der Waals surface area contributed by atoms with Crippen LogP contribution in [0.1, 0.15) is 29.6 Å². The molecule has 0 aliphatic heterocycles. The second-order valence-electron chi connectivity index (χ2n) is 7.73. The zero-order valence-electron chi connectivity index (χ0n) is 17.7. The van der Waals surface area contributed by atoms with Crippen LogP contribution in [-0.4, -0.2) is 29.5 Å². The summed E-state index contributed by atoms with van der Waals surface area (Å²) in [5.74, 6) is 0.953. The molecule has 154 valence electrons. The zero-order chi connectivity index (χ0) is 21.2. The molecular formula is C25H24N6. The van der Waals surface area contributed by atoms with Crippen LogP contribution in [-0.2, 0) is 19.3 Å². The van der Waals surface area contributed by atoms with Crippen molar-refractivity contribution in [2.75, 3.05) is 0 Å². The fourth-order valence-electron chi connectivity index (χ4n) is 3.84. The van der Waals surface area contributed by atoms with Crippen LogP contribution in [0.2, 0.25) is 0 Å². The average Bonchev–Trinajstić information content (AvgIpc) is 3.44. The molecule has 0 unspecified atom stereocenters. The lowest BCUT2D eigenvalue weighted by Gasteiger charge is -2.04. The molecule has 0 aliphatic rings. The molecule has 0 saturated carbocycles. The summed E-state index contributed by atoms with van der Waals surface area (Å²) in [5.41, 5.74) is 8.16. The molecule has 0 bridgehead atoms. The van der Waals surface area contributed by atoms with Gasteiger partial charge < -0.3 is 4.98 Å². The lowest BCUT2D eigenvalue weighted by atomic mass is 10.1. The van der Waals surface area contributed by atoms with Gasteiger partial charge in [-0.05, 0) is 55.2 Å². The molecule has 0 fully saturated rings. The Balaban J connectivity index is 1.53. The van der Waals surface area contributed by atoms with Gasteiger partial charge >= 0.3 is 0 Å². The van der Waals surface area contributed by atoms with Gasteiger partial charge in [-0.25, -0.2) is 14.5 Å². The number of imidazole rings is 1. The predicted molar refractivity (Wildman–Crippen MR) is 122 cm³/mol. The number of pyridine rings is 2. The van der Waals surface area contributed by atoms with Crippen molar-refractivity contribution in [1.82, 2.24) is 29.5 Å².